The molecule has 5 nitrogen and oxygen atoms in total. The van der Waals surface area contributed by atoms with Crippen LogP contribution in [0.4, 0.5) is 0 Å². The summed E-state index contributed by atoms with van der Waals surface area (Å²) in [5.74, 6) is -1.05. The van der Waals surface area contributed by atoms with Crippen molar-refractivity contribution in [2.24, 2.45) is 5.92 Å². The number of nitrogens with zero attached hydrogens (tertiary/aromatic N) is 1. The van der Waals surface area contributed by atoms with Crippen LogP contribution in [0.5, 0.6) is 0 Å². The van der Waals surface area contributed by atoms with E-state index < -0.39 is 12.1 Å². The van der Waals surface area contributed by atoms with Crippen molar-refractivity contribution in [3.8, 4) is 0 Å². The van der Waals surface area contributed by atoms with Crippen LogP contribution in [0.3, 0.4) is 0 Å². The Bertz CT molecular complexity index is 423. The highest BCUT2D eigenvalue weighted by atomic mass is 16.5. The predicted molar refractivity (Wildman–Crippen MR) is 74.3 cm³/mol. The summed E-state index contributed by atoms with van der Waals surface area (Å²) in [7, 11) is 0. The number of rotatable bonds is 7. The first kappa shape index (κ1) is 15.0. The van der Waals surface area contributed by atoms with Gasteiger partial charge in [0.05, 0.1) is 25.2 Å². The normalized spacial score (nSPS) is 20.9. The van der Waals surface area contributed by atoms with E-state index in [9.17, 15) is 9.90 Å². The van der Waals surface area contributed by atoms with Crippen molar-refractivity contribution in [1.82, 2.24) is 4.90 Å². The highest BCUT2D eigenvalue weighted by Crippen LogP contribution is 2.16. The molecule has 2 atom stereocenters. The number of aliphatic carboxylic acids is 1. The summed E-state index contributed by atoms with van der Waals surface area (Å²) in [6.45, 7) is 2.47. The molecule has 1 aliphatic heterocycles. The number of aliphatic hydroxyl groups excluding tert-OH is 1. The highest BCUT2D eigenvalue weighted by Gasteiger charge is 2.28. The first-order valence-corrected chi connectivity index (χ1v) is 6.90. The molecule has 0 spiro atoms. The largest absolute Gasteiger partial charge is 0.481 e. The molecule has 1 aromatic carbocycles. The van der Waals surface area contributed by atoms with Crippen molar-refractivity contribution in [2.75, 3.05) is 26.2 Å². The summed E-state index contributed by atoms with van der Waals surface area (Å²) in [6, 6.07) is 9.80. The van der Waals surface area contributed by atoms with Crippen molar-refractivity contribution < 1.29 is 19.7 Å². The van der Waals surface area contributed by atoms with E-state index in [1.807, 2.05) is 35.2 Å². The molecule has 2 unspecified atom stereocenters. The van der Waals surface area contributed by atoms with E-state index in [-0.39, 0.29) is 12.5 Å². The lowest BCUT2D eigenvalue weighted by Gasteiger charge is -2.19. The molecule has 0 bridgehead atoms. The second kappa shape index (κ2) is 7.38. The summed E-state index contributed by atoms with van der Waals surface area (Å²) >= 11 is 0. The number of hydrogen-bond acceptors (Lipinski definition) is 4. The van der Waals surface area contributed by atoms with Gasteiger partial charge >= 0.3 is 5.97 Å². The number of carboxylic acid groups (broad SMARTS) is 1. The molecule has 2 N–H and O–H groups in total. The van der Waals surface area contributed by atoms with Crippen LogP contribution in [0.25, 0.3) is 0 Å². The second-order valence-corrected chi connectivity index (χ2v) is 5.24. The van der Waals surface area contributed by atoms with Crippen LogP contribution >= 0.6 is 0 Å². The van der Waals surface area contributed by atoms with E-state index in [4.69, 9.17) is 9.84 Å². The fourth-order valence-corrected chi connectivity index (χ4v) is 2.44. The minimum Gasteiger partial charge on any atom is -0.481 e. The molecule has 0 saturated carbocycles. The van der Waals surface area contributed by atoms with Gasteiger partial charge in [-0.3, -0.25) is 9.69 Å². The Morgan fingerprint density at radius 2 is 2.15 bits per heavy atom. The van der Waals surface area contributed by atoms with Crippen LogP contribution in [-0.4, -0.2) is 53.4 Å². The Balaban J connectivity index is 1.63. The van der Waals surface area contributed by atoms with Gasteiger partial charge in [-0.05, 0) is 18.5 Å². The molecule has 2 rings (SSSR count). The Kier molecular flexibility index (Phi) is 5.52. The van der Waals surface area contributed by atoms with Crippen molar-refractivity contribution in [3.63, 3.8) is 0 Å². The molecule has 1 aliphatic rings. The Labute approximate surface area is 118 Å². The molecule has 1 saturated heterocycles. The topological polar surface area (TPSA) is 70.0 Å². The summed E-state index contributed by atoms with van der Waals surface area (Å²) in [5, 5.41) is 18.8. The van der Waals surface area contributed by atoms with Gasteiger partial charge in [0.1, 0.15) is 0 Å². The van der Waals surface area contributed by atoms with Gasteiger partial charge in [0.25, 0.3) is 0 Å². The highest BCUT2D eigenvalue weighted by molar-refractivity contribution is 5.70. The molecule has 0 radical (unpaired) electrons. The van der Waals surface area contributed by atoms with Gasteiger partial charge in [-0.2, -0.15) is 0 Å². The lowest BCUT2D eigenvalue weighted by atomic mass is 10.1. The Morgan fingerprint density at radius 1 is 1.40 bits per heavy atom. The summed E-state index contributed by atoms with van der Waals surface area (Å²) in [4.78, 5) is 12.8. The minimum atomic E-state index is -0.748. The van der Waals surface area contributed by atoms with Gasteiger partial charge in [-0.15, -0.1) is 0 Å². The number of benzene rings is 1. The van der Waals surface area contributed by atoms with E-state index in [1.165, 1.54) is 0 Å². The smallest absolute Gasteiger partial charge is 0.307 e. The monoisotopic (exact) mass is 279 g/mol. The molecular formula is C15H21NO4. The summed E-state index contributed by atoms with van der Waals surface area (Å²) in [5.41, 5.74) is 1.08. The van der Waals surface area contributed by atoms with Crippen molar-refractivity contribution in [1.29, 1.82) is 0 Å². The quantitative estimate of drug-likeness (QED) is 0.778. The number of ether oxygens (including phenoxy) is 1. The predicted octanol–water partition coefficient (Wildman–Crippen LogP) is 0.971. The Hall–Kier alpha value is -1.43. The number of hydrogen-bond donors (Lipinski definition) is 2. The molecule has 20 heavy (non-hydrogen) atoms. The third-order valence-corrected chi connectivity index (χ3v) is 3.51. The molecule has 110 valence electrons. The first-order valence-electron chi connectivity index (χ1n) is 6.90. The molecular weight excluding hydrogens is 258 g/mol. The van der Waals surface area contributed by atoms with Crippen LogP contribution in [-0.2, 0) is 16.1 Å². The molecule has 0 aromatic heterocycles. The second-order valence-electron chi connectivity index (χ2n) is 5.24. The third-order valence-electron chi connectivity index (χ3n) is 3.51. The zero-order valence-electron chi connectivity index (χ0n) is 11.4. The van der Waals surface area contributed by atoms with Gasteiger partial charge in [-0.1, -0.05) is 30.3 Å². The van der Waals surface area contributed by atoms with Gasteiger partial charge < -0.3 is 14.9 Å². The van der Waals surface area contributed by atoms with Crippen LogP contribution in [0.2, 0.25) is 0 Å². The lowest BCUT2D eigenvalue weighted by molar-refractivity contribution is -0.141. The summed E-state index contributed by atoms with van der Waals surface area (Å²) in [6.07, 6.45) is 0.0821. The van der Waals surface area contributed by atoms with E-state index in [2.05, 4.69) is 0 Å². The number of likely N-dealkylation sites (tertiary alicyclic amines) is 1. The fourth-order valence-electron chi connectivity index (χ4n) is 2.44. The molecule has 0 amide bonds. The third kappa shape index (κ3) is 4.59. The van der Waals surface area contributed by atoms with Crippen LogP contribution < -0.4 is 0 Å². The average molecular weight is 279 g/mol. The number of β-amino-alcohol motifs (C(OH)–C–C–N with tert-alkyl or cyclic N) is 1. The van der Waals surface area contributed by atoms with E-state index in [0.717, 1.165) is 12.1 Å². The van der Waals surface area contributed by atoms with Gasteiger partial charge in [0, 0.05) is 13.1 Å². The SMILES string of the molecule is O=C(O)C1CCN(CC(O)COCc2ccccc2)C1. The maximum atomic E-state index is 10.8. The zero-order valence-corrected chi connectivity index (χ0v) is 11.4. The lowest BCUT2D eigenvalue weighted by Crippen LogP contribution is -2.34. The minimum absolute atomic E-state index is 0.267. The van der Waals surface area contributed by atoms with Gasteiger partial charge in [-0.25, -0.2) is 0 Å². The van der Waals surface area contributed by atoms with Crippen LogP contribution in [0.1, 0.15) is 12.0 Å². The van der Waals surface area contributed by atoms with Crippen LogP contribution in [0, 0.1) is 5.92 Å². The van der Waals surface area contributed by atoms with E-state index in [1.54, 1.807) is 0 Å². The molecule has 5 heteroatoms. The fraction of sp³-hybridized carbons (Fsp3) is 0.533. The number of aliphatic hydroxyl groups is 1. The zero-order chi connectivity index (χ0) is 14.4. The van der Waals surface area contributed by atoms with Crippen molar-refractivity contribution in [2.45, 2.75) is 19.1 Å². The molecule has 1 aromatic rings. The number of carboxylic acids is 1. The van der Waals surface area contributed by atoms with Crippen molar-refractivity contribution in [3.05, 3.63) is 35.9 Å². The van der Waals surface area contributed by atoms with E-state index in [0.29, 0.717) is 26.1 Å². The molecule has 1 fully saturated rings. The summed E-state index contributed by atoms with van der Waals surface area (Å²) < 4.78 is 5.47. The average Bonchev–Trinajstić information content (AvgIpc) is 2.88. The standard InChI is InChI=1S/C15H21NO4/c17-14(9-16-7-6-13(8-16)15(18)19)11-20-10-12-4-2-1-3-5-12/h1-5,13-14,17H,6-11H2,(H,18,19). The van der Waals surface area contributed by atoms with Gasteiger partial charge in [0.2, 0.25) is 0 Å². The molecule has 0 aliphatic carbocycles. The Morgan fingerprint density at radius 3 is 2.80 bits per heavy atom. The van der Waals surface area contributed by atoms with Gasteiger partial charge in [0.15, 0.2) is 0 Å². The van der Waals surface area contributed by atoms with Crippen LogP contribution in [0.15, 0.2) is 30.3 Å². The van der Waals surface area contributed by atoms with E-state index >= 15 is 0 Å². The molecule has 1 heterocycles. The maximum Gasteiger partial charge on any atom is 0.307 e. The number of carbonyl (C=O) groups is 1. The maximum absolute atomic E-state index is 10.8. The first-order chi connectivity index (χ1) is 9.65. The van der Waals surface area contributed by atoms with Crippen molar-refractivity contribution >= 4 is 5.97 Å².